The molecule has 11 heteroatoms. The molecule has 154 valence electrons. The van der Waals surface area contributed by atoms with Crippen LogP contribution in [0.2, 0.25) is 0 Å². The van der Waals surface area contributed by atoms with Gasteiger partial charge in [0.15, 0.2) is 0 Å². The molecular weight excluding hydrogens is 358 g/mol. The number of carbonyl (C=O) groups is 5. The fourth-order valence-electron chi connectivity index (χ4n) is 2.07. The SMILES string of the molecule is CC(C)C[C@H](NC(=O)[C@H](C)NC(=O)[C@H](N)CC(N)=O)C(=O)N[C@@H](C)C(=O)O. The molecule has 0 aromatic carbocycles. The van der Waals surface area contributed by atoms with Gasteiger partial charge in [-0.25, -0.2) is 0 Å². The molecule has 0 saturated heterocycles. The first-order valence-corrected chi connectivity index (χ1v) is 8.52. The Morgan fingerprint density at radius 1 is 0.852 bits per heavy atom. The van der Waals surface area contributed by atoms with Crippen LogP contribution in [0.1, 0.15) is 40.5 Å². The number of aliphatic carboxylic acids is 1. The van der Waals surface area contributed by atoms with Gasteiger partial charge in [-0.15, -0.1) is 0 Å². The molecule has 0 unspecified atom stereocenters. The van der Waals surface area contributed by atoms with Crippen LogP contribution in [-0.2, 0) is 24.0 Å². The Morgan fingerprint density at radius 3 is 1.81 bits per heavy atom. The first kappa shape index (κ1) is 24.3. The summed E-state index contributed by atoms with van der Waals surface area (Å²) in [4.78, 5) is 58.0. The lowest BCUT2D eigenvalue weighted by atomic mass is 10.0. The highest BCUT2D eigenvalue weighted by atomic mass is 16.4. The maximum absolute atomic E-state index is 12.3. The third-order valence-electron chi connectivity index (χ3n) is 3.58. The summed E-state index contributed by atoms with van der Waals surface area (Å²) in [5, 5.41) is 16.0. The molecule has 0 aliphatic rings. The molecule has 0 rings (SSSR count). The number of rotatable bonds is 11. The molecule has 0 heterocycles. The number of nitrogens with one attached hydrogen (secondary N) is 3. The third-order valence-corrected chi connectivity index (χ3v) is 3.58. The lowest BCUT2D eigenvalue weighted by Gasteiger charge is -2.24. The van der Waals surface area contributed by atoms with Gasteiger partial charge in [0, 0.05) is 0 Å². The second-order valence-electron chi connectivity index (χ2n) is 6.77. The van der Waals surface area contributed by atoms with Crippen LogP contribution in [0, 0.1) is 5.92 Å². The van der Waals surface area contributed by atoms with Crippen LogP contribution in [0.15, 0.2) is 0 Å². The Labute approximate surface area is 157 Å². The van der Waals surface area contributed by atoms with Gasteiger partial charge in [-0.2, -0.15) is 0 Å². The highest BCUT2D eigenvalue weighted by molar-refractivity contribution is 5.94. The standard InChI is InChI=1S/C16H29N5O6/c1-7(2)5-11(15(25)20-9(4)16(26)27)21-13(23)8(3)19-14(24)10(17)6-12(18)22/h7-11H,5-6,17H2,1-4H3,(H2,18,22)(H,19,24)(H,20,25)(H,21,23)(H,26,27)/t8-,9-,10+,11-/m0/s1. The van der Waals surface area contributed by atoms with Crippen molar-refractivity contribution in [3.8, 4) is 0 Å². The van der Waals surface area contributed by atoms with E-state index in [1.54, 1.807) is 0 Å². The van der Waals surface area contributed by atoms with E-state index >= 15 is 0 Å². The van der Waals surface area contributed by atoms with Gasteiger partial charge in [0.2, 0.25) is 23.6 Å². The molecular formula is C16H29N5O6. The number of nitrogens with two attached hydrogens (primary N) is 2. The summed E-state index contributed by atoms with van der Waals surface area (Å²) in [6, 6.07) is -4.31. The lowest BCUT2D eigenvalue weighted by molar-refractivity contribution is -0.141. The average Bonchev–Trinajstić information content (AvgIpc) is 2.52. The number of hydrogen-bond acceptors (Lipinski definition) is 6. The van der Waals surface area contributed by atoms with E-state index in [1.165, 1.54) is 13.8 Å². The monoisotopic (exact) mass is 387 g/mol. The number of carboxylic acid groups (broad SMARTS) is 1. The van der Waals surface area contributed by atoms with Gasteiger partial charge in [0.25, 0.3) is 0 Å². The van der Waals surface area contributed by atoms with Gasteiger partial charge < -0.3 is 32.5 Å². The zero-order chi connectivity index (χ0) is 21.3. The second kappa shape index (κ2) is 11.1. The van der Waals surface area contributed by atoms with E-state index in [9.17, 15) is 24.0 Å². The Kier molecular flexibility index (Phi) is 10.0. The van der Waals surface area contributed by atoms with Crippen molar-refractivity contribution < 1.29 is 29.1 Å². The van der Waals surface area contributed by atoms with Gasteiger partial charge in [-0.3, -0.25) is 24.0 Å². The number of amides is 4. The molecule has 0 spiro atoms. The minimum Gasteiger partial charge on any atom is -0.480 e. The molecule has 4 atom stereocenters. The third kappa shape index (κ3) is 9.54. The summed E-state index contributed by atoms with van der Waals surface area (Å²) in [5.41, 5.74) is 10.5. The molecule has 0 fully saturated rings. The van der Waals surface area contributed by atoms with Gasteiger partial charge in [0.1, 0.15) is 18.1 Å². The predicted octanol–water partition coefficient (Wildman–Crippen LogP) is -2.19. The molecule has 0 bridgehead atoms. The van der Waals surface area contributed by atoms with E-state index in [1.807, 2.05) is 13.8 Å². The molecule has 0 saturated carbocycles. The number of hydrogen-bond donors (Lipinski definition) is 6. The summed E-state index contributed by atoms with van der Waals surface area (Å²) < 4.78 is 0. The maximum atomic E-state index is 12.3. The van der Waals surface area contributed by atoms with Crippen molar-refractivity contribution >= 4 is 29.6 Å². The van der Waals surface area contributed by atoms with Gasteiger partial charge in [0.05, 0.1) is 12.5 Å². The van der Waals surface area contributed by atoms with Crippen molar-refractivity contribution in [2.75, 3.05) is 0 Å². The van der Waals surface area contributed by atoms with Crippen molar-refractivity contribution in [1.82, 2.24) is 16.0 Å². The predicted molar refractivity (Wildman–Crippen MR) is 96.0 cm³/mol. The molecule has 0 aliphatic carbocycles. The first-order chi connectivity index (χ1) is 12.3. The zero-order valence-electron chi connectivity index (χ0n) is 15.9. The van der Waals surface area contributed by atoms with Crippen molar-refractivity contribution in [2.24, 2.45) is 17.4 Å². The van der Waals surface area contributed by atoms with Crippen LogP contribution in [0.4, 0.5) is 0 Å². The number of primary amides is 1. The van der Waals surface area contributed by atoms with Crippen molar-refractivity contribution in [3.63, 3.8) is 0 Å². The average molecular weight is 387 g/mol. The Bertz CT molecular complexity index is 580. The van der Waals surface area contributed by atoms with E-state index in [0.717, 1.165) is 0 Å². The molecule has 0 aromatic heterocycles. The molecule has 0 aliphatic heterocycles. The molecule has 0 radical (unpaired) electrons. The summed E-state index contributed by atoms with van der Waals surface area (Å²) >= 11 is 0. The van der Waals surface area contributed by atoms with Crippen LogP contribution in [-0.4, -0.2) is 58.9 Å². The summed E-state index contributed by atoms with van der Waals surface area (Å²) in [5.74, 6) is -3.96. The van der Waals surface area contributed by atoms with Crippen LogP contribution >= 0.6 is 0 Å². The second-order valence-corrected chi connectivity index (χ2v) is 6.77. The zero-order valence-corrected chi connectivity index (χ0v) is 15.9. The summed E-state index contributed by atoms with van der Waals surface area (Å²) in [6.07, 6.45) is -0.0998. The fraction of sp³-hybridized carbons (Fsp3) is 0.688. The van der Waals surface area contributed by atoms with E-state index in [-0.39, 0.29) is 18.8 Å². The normalized spacial score (nSPS) is 15.2. The van der Waals surface area contributed by atoms with E-state index in [0.29, 0.717) is 0 Å². The molecule has 4 amide bonds. The Morgan fingerprint density at radius 2 is 1.37 bits per heavy atom. The summed E-state index contributed by atoms with van der Waals surface area (Å²) in [7, 11) is 0. The maximum Gasteiger partial charge on any atom is 0.325 e. The van der Waals surface area contributed by atoms with Gasteiger partial charge in [-0.05, 0) is 26.2 Å². The minimum absolute atomic E-state index is 0.0371. The molecule has 8 N–H and O–H groups in total. The van der Waals surface area contributed by atoms with Crippen LogP contribution in [0.25, 0.3) is 0 Å². The van der Waals surface area contributed by atoms with Crippen LogP contribution in [0.5, 0.6) is 0 Å². The first-order valence-electron chi connectivity index (χ1n) is 8.52. The topological polar surface area (TPSA) is 194 Å². The number of carboxylic acids is 1. The van der Waals surface area contributed by atoms with E-state index in [2.05, 4.69) is 16.0 Å². The Hall–Kier alpha value is -2.69. The molecule has 27 heavy (non-hydrogen) atoms. The molecule has 0 aromatic rings. The van der Waals surface area contributed by atoms with Crippen molar-refractivity contribution in [2.45, 2.75) is 64.7 Å². The summed E-state index contributed by atoms with van der Waals surface area (Å²) in [6.45, 7) is 6.36. The smallest absolute Gasteiger partial charge is 0.325 e. The van der Waals surface area contributed by atoms with E-state index < -0.39 is 53.8 Å². The quantitative estimate of drug-likeness (QED) is 0.232. The van der Waals surface area contributed by atoms with Crippen molar-refractivity contribution in [3.05, 3.63) is 0 Å². The Balaban J connectivity index is 4.92. The molecule has 11 nitrogen and oxygen atoms in total. The highest BCUT2D eigenvalue weighted by Gasteiger charge is 2.28. The lowest BCUT2D eigenvalue weighted by Crippen LogP contribution is -2.56. The number of carbonyl (C=O) groups excluding carboxylic acids is 4. The van der Waals surface area contributed by atoms with Gasteiger partial charge in [-0.1, -0.05) is 13.8 Å². The van der Waals surface area contributed by atoms with Crippen molar-refractivity contribution in [1.29, 1.82) is 0 Å². The van der Waals surface area contributed by atoms with Crippen LogP contribution in [0.3, 0.4) is 0 Å². The van der Waals surface area contributed by atoms with Gasteiger partial charge >= 0.3 is 5.97 Å². The minimum atomic E-state index is -1.21. The van der Waals surface area contributed by atoms with E-state index in [4.69, 9.17) is 16.6 Å². The van der Waals surface area contributed by atoms with Crippen LogP contribution < -0.4 is 27.4 Å². The largest absolute Gasteiger partial charge is 0.480 e. The highest BCUT2D eigenvalue weighted by Crippen LogP contribution is 2.06. The fourth-order valence-corrected chi connectivity index (χ4v) is 2.07.